The lowest BCUT2D eigenvalue weighted by atomic mass is 9.94. The molecule has 2 heterocycles. The third-order valence-corrected chi connectivity index (χ3v) is 5.47. The Morgan fingerprint density at radius 1 is 1.19 bits per heavy atom. The highest BCUT2D eigenvalue weighted by Gasteiger charge is 2.42. The fourth-order valence-electron chi connectivity index (χ4n) is 2.78. The first-order valence-corrected chi connectivity index (χ1v) is 9.66. The minimum Gasteiger partial charge on any atom is -0.507 e. The maximum absolute atomic E-state index is 10.5. The van der Waals surface area contributed by atoms with Gasteiger partial charge in [0.1, 0.15) is 47.5 Å². The monoisotopic (exact) mass is 399 g/mol. The number of aromatic hydroxyl groups is 1. The van der Waals surface area contributed by atoms with Crippen molar-refractivity contribution >= 4 is 23.1 Å². The van der Waals surface area contributed by atoms with Crippen molar-refractivity contribution in [2.75, 3.05) is 12.4 Å². The Morgan fingerprint density at radius 3 is 2.41 bits per heavy atom. The van der Waals surface area contributed by atoms with E-state index in [4.69, 9.17) is 9.84 Å². The van der Waals surface area contributed by atoms with Crippen molar-refractivity contribution in [3.05, 3.63) is 29.8 Å². The van der Waals surface area contributed by atoms with Crippen LogP contribution in [0.4, 0.5) is 0 Å². The average Bonchev–Trinajstić information content (AvgIpc) is 3.16. The minimum atomic E-state index is -1.24. The number of aliphatic imine (C=N–C) groups is 1. The Hall–Kier alpha value is -1.49. The van der Waals surface area contributed by atoms with Crippen molar-refractivity contribution in [1.29, 1.82) is 0 Å². The van der Waals surface area contributed by atoms with Crippen LogP contribution in [0.25, 0.3) is 0 Å². The highest BCUT2D eigenvalue weighted by atomic mass is 32.2. The van der Waals surface area contributed by atoms with Gasteiger partial charge in [0.15, 0.2) is 0 Å². The first kappa shape index (κ1) is 21.8. The van der Waals surface area contributed by atoms with Crippen LogP contribution in [0.15, 0.2) is 29.3 Å². The predicted molar refractivity (Wildman–Crippen MR) is 101 cm³/mol. The summed E-state index contributed by atoms with van der Waals surface area (Å²) in [6, 6.07) is 6.76. The number of hydrogen-bond acceptors (Lipinski definition) is 9. The number of thioether (sulfide) groups is 1. The molecule has 6 atom stereocenters. The molecular weight excluding hydrogens is 374 g/mol. The number of hydrogen-bond donors (Lipinski definition) is 5. The summed E-state index contributed by atoms with van der Waals surface area (Å²) >= 11 is 1.50. The van der Waals surface area contributed by atoms with E-state index in [2.05, 4.69) is 4.99 Å². The van der Waals surface area contributed by atoms with E-state index in [1.807, 2.05) is 6.07 Å². The third kappa shape index (κ3) is 5.28. The molecular formula is C18H25NO7S. The molecule has 3 rings (SSSR count). The zero-order valence-electron chi connectivity index (χ0n) is 14.9. The van der Waals surface area contributed by atoms with Crippen LogP contribution in [0.3, 0.4) is 0 Å². The van der Waals surface area contributed by atoms with Crippen LogP contribution in [0, 0.1) is 0 Å². The molecule has 0 aromatic heterocycles. The zero-order chi connectivity index (χ0) is 20.0. The number of benzene rings is 1. The lowest BCUT2D eigenvalue weighted by molar-refractivity contribution is -0.229. The quantitative estimate of drug-likeness (QED) is 0.435. The molecule has 2 aliphatic heterocycles. The summed E-state index contributed by atoms with van der Waals surface area (Å²) in [5, 5.41) is 47.2. The number of ether oxygens (including phenoxy) is 1. The summed E-state index contributed by atoms with van der Waals surface area (Å²) in [5.74, 6) is 0.887. The highest BCUT2D eigenvalue weighted by molar-refractivity contribution is 8.14. The number of para-hydroxylation sites is 1. The lowest BCUT2D eigenvalue weighted by Crippen LogP contribution is -2.58. The normalized spacial score (nSPS) is 33.0. The molecule has 0 aliphatic carbocycles. The number of aliphatic hydroxyl groups is 4. The summed E-state index contributed by atoms with van der Waals surface area (Å²) in [4.78, 5) is 14.7. The van der Waals surface area contributed by atoms with Crippen LogP contribution in [0.5, 0.6) is 5.75 Å². The maximum Gasteiger partial charge on any atom is 0.145 e. The molecule has 0 radical (unpaired) electrons. The van der Waals surface area contributed by atoms with Crippen LogP contribution in [-0.4, -0.2) is 85.8 Å². The van der Waals surface area contributed by atoms with E-state index in [1.165, 1.54) is 11.8 Å². The van der Waals surface area contributed by atoms with Crippen molar-refractivity contribution in [3.63, 3.8) is 0 Å². The molecule has 1 saturated heterocycles. The molecule has 1 aromatic rings. The molecule has 5 N–H and O–H groups in total. The first-order chi connectivity index (χ1) is 12.9. The number of phenols is 1. The van der Waals surface area contributed by atoms with Gasteiger partial charge in [-0.25, -0.2) is 0 Å². The van der Waals surface area contributed by atoms with Gasteiger partial charge >= 0.3 is 0 Å². The molecule has 8 nitrogen and oxygen atoms in total. The van der Waals surface area contributed by atoms with Gasteiger partial charge in [0.05, 0.1) is 12.7 Å². The van der Waals surface area contributed by atoms with Gasteiger partial charge in [-0.2, -0.15) is 0 Å². The van der Waals surface area contributed by atoms with Gasteiger partial charge in [-0.05, 0) is 18.6 Å². The van der Waals surface area contributed by atoms with Crippen LogP contribution >= 0.6 is 11.8 Å². The number of aldehydes is 1. The smallest absolute Gasteiger partial charge is 0.145 e. The van der Waals surface area contributed by atoms with Crippen molar-refractivity contribution < 1.29 is 35.1 Å². The van der Waals surface area contributed by atoms with Crippen LogP contribution in [-0.2, 0) is 9.53 Å². The maximum atomic E-state index is 10.5. The molecule has 1 aromatic carbocycles. The van der Waals surface area contributed by atoms with Gasteiger partial charge in [0, 0.05) is 11.3 Å². The van der Waals surface area contributed by atoms with E-state index in [0.717, 1.165) is 11.3 Å². The average molecular weight is 399 g/mol. The fraction of sp³-hybridized carbons (Fsp3) is 0.556. The summed E-state index contributed by atoms with van der Waals surface area (Å²) in [6.45, 7) is 1.44. The van der Waals surface area contributed by atoms with Crippen molar-refractivity contribution in [2.45, 2.75) is 49.9 Å². The number of phenolic OH excluding ortho intramolecular Hbond substituents is 1. The second kappa shape index (κ2) is 10.2. The first-order valence-electron chi connectivity index (χ1n) is 8.67. The second-order valence-corrected chi connectivity index (χ2v) is 7.25. The van der Waals surface area contributed by atoms with E-state index in [-0.39, 0.29) is 18.4 Å². The van der Waals surface area contributed by atoms with Crippen LogP contribution in [0.1, 0.15) is 18.9 Å². The van der Waals surface area contributed by atoms with Crippen molar-refractivity contribution in [1.82, 2.24) is 0 Å². The van der Waals surface area contributed by atoms with E-state index in [9.17, 15) is 25.2 Å². The predicted octanol–water partition coefficient (Wildman–Crippen LogP) is -0.308. The molecule has 0 amide bonds. The SMILES string of the molecule is CCC1OC(CO)C(O)C(O)[C@@H]1O.O=CC1CSC(c2ccccc2O)=N1. The summed E-state index contributed by atoms with van der Waals surface area (Å²) in [5.41, 5.74) is 0.710. The van der Waals surface area contributed by atoms with E-state index < -0.39 is 30.5 Å². The van der Waals surface area contributed by atoms with E-state index in [0.29, 0.717) is 17.7 Å². The topological polar surface area (TPSA) is 140 Å². The largest absolute Gasteiger partial charge is 0.507 e. The minimum absolute atomic E-state index is 0.213. The Kier molecular flexibility index (Phi) is 8.21. The van der Waals surface area contributed by atoms with Crippen molar-refractivity contribution in [2.24, 2.45) is 4.99 Å². The number of carbonyl (C=O) groups is 1. The van der Waals surface area contributed by atoms with Crippen LogP contribution < -0.4 is 0 Å². The molecule has 0 spiro atoms. The Morgan fingerprint density at radius 2 is 1.85 bits per heavy atom. The summed E-state index contributed by atoms with van der Waals surface area (Å²) in [6.07, 6.45) is -3.50. The van der Waals surface area contributed by atoms with Gasteiger partial charge in [-0.3, -0.25) is 4.99 Å². The molecule has 2 aliphatic rings. The number of aliphatic hydroxyl groups excluding tert-OH is 4. The number of carbonyl (C=O) groups excluding carboxylic acids is 1. The van der Waals surface area contributed by atoms with Gasteiger partial charge in [0.25, 0.3) is 0 Å². The molecule has 0 bridgehead atoms. The summed E-state index contributed by atoms with van der Waals surface area (Å²) < 4.78 is 5.17. The number of nitrogens with zero attached hydrogens (tertiary/aromatic N) is 1. The summed E-state index contributed by atoms with van der Waals surface area (Å²) in [7, 11) is 0. The molecule has 5 unspecified atom stereocenters. The lowest BCUT2D eigenvalue weighted by Gasteiger charge is -2.39. The zero-order valence-corrected chi connectivity index (χ0v) is 15.7. The van der Waals surface area contributed by atoms with Crippen LogP contribution in [0.2, 0.25) is 0 Å². The van der Waals surface area contributed by atoms with Crippen molar-refractivity contribution in [3.8, 4) is 5.75 Å². The Labute approximate surface area is 161 Å². The highest BCUT2D eigenvalue weighted by Crippen LogP contribution is 2.27. The van der Waals surface area contributed by atoms with Gasteiger partial charge in [-0.15, -0.1) is 11.8 Å². The van der Waals surface area contributed by atoms with Gasteiger partial charge in [0.2, 0.25) is 0 Å². The fourth-order valence-corrected chi connectivity index (χ4v) is 3.80. The molecule has 0 saturated carbocycles. The molecule has 9 heteroatoms. The van der Waals surface area contributed by atoms with Gasteiger partial charge in [-0.1, -0.05) is 19.1 Å². The Bertz CT molecular complexity index is 636. The number of rotatable bonds is 4. The Balaban J connectivity index is 0.000000194. The standard InChI is InChI=1S/C10H9NO2S.C8H16O5/c12-5-7-6-14-10(11-7)8-3-1-2-4-9(8)13;1-2-4-6(10)8(12)7(11)5(3-9)13-4/h1-5,7,13H,6H2;4-12H,2-3H2,1H3/t;4?,5?,6-,7?,8?/m.1/s1. The van der Waals surface area contributed by atoms with E-state index >= 15 is 0 Å². The third-order valence-electron chi connectivity index (χ3n) is 4.36. The second-order valence-electron chi connectivity index (χ2n) is 6.24. The molecule has 1 fully saturated rings. The molecule has 27 heavy (non-hydrogen) atoms. The van der Waals surface area contributed by atoms with E-state index in [1.54, 1.807) is 25.1 Å². The molecule has 150 valence electrons. The van der Waals surface area contributed by atoms with Gasteiger partial charge < -0.3 is 35.1 Å².